The molecule has 55 heavy (non-hydrogen) atoms. The lowest BCUT2D eigenvalue weighted by Gasteiger charge is -2.67. The largest absolute Gasteiger partial charge is 0.432 e. The molecule has 7 aliphatic rings. The van der Waals surface area contributed by atoms with E-state index in [1.165, 1.54) is 0 Å². The van der Waals surface area contributed by atoms with Gasteiger partial charge in [-0.1, -0.05) is 47.1 Å². The molecule has 0 spiro atoms. The third kappa shape index (κ3) is 6.22. The molecule has 0 amide bonds. The minimum absolute atomic E-state index is 0.0219. The van der Waals surface area contributed by atoms with Crippen LogP contribution in [0.4, 0.5) is 0 Å². The van der Waals surface area contributed by atoms with Gasteiger partial charge in [0, 0.05) is 12.3 Å². The summed E-state index contributed by atoms with van der Waals surface area (Å²) < 4.78 is 23.7. The van der Waals surface area contributed by atoms with Crippen molar-refractivity contribution in [1.29, 1.82) is 0 Å². The normalized spacial score (nSPS) is 52.4. The summed E-state index contributed by atoms with van der Waals surface area (Å²) in [7, 11) is 0. The van der Waals surface area contributed by atoms with Crippen LogP contribution in [0.1, 0.15) is 99.3 Å². The molecule has 14 nitrogen and oxygen atoms in total. The number of carbonyl (C=O) groups is 2. The maximum Gasteiger partial charge on any atom is 0.315 e. The van der Waals surface area contributed by atoms with Crippen molar-refractivity contribution in [2.75, 3.05) is 13.2 Å². The molecule has 14 heteroatoms. The summed E-state index contributed by atoms with van der Waals surface area (Å²) in [6, 6.07) is 0. The molecule has 0 unspecified atom stereocenters. The van der Waals surface area contributed by atoms with Crippen molar-refractivity contribution >= 4 is 11.8 Å². The highest BCUT2D eigenvalue weighted by atomic mass is 16.7. The zero-order valence-corrected chi connectivity index (χ0v) is 33.0. The van der Waals surface area contributed by atoms with Gasteiger partial charge in [0.25, 0.3) is 0 Å². The Balaban J connectivity index is 1.17. The van der Waals surface area contributed by atoms with Crippen LogP contribution in [0.2, 0.25) is 0 Å². The number of carbonyl (C=O) groups excluding carboxylic acids is 2. The van der Waals surface area contributed by atoms with E-state index in [0.717, 1.165) is 36.8 Å². The molecule has 2 heterocycles. The number of Topliss-reactive ketones (excluding diaryl/α,β-unsaturated/α-hetero) is 1. The van der Waals surface area contributed by atoms with Gasteiger partial charge >= 0.3 is 5.97 Å². The van der Waals surface area contributed by atoms with Gasteiger partial charge in [-0.05, 0) is 96.9 Å². The van der Waals surface area contributed by atoms with E-state index in [0.29, 0.717) is 32.1 Å². The summed E-state index contributed by atoms with van der Waals surface area (Å²) in [5.74, 6) is -0.561. The van der Waals surface area contributed by atoms with Crippen molar-refractivity contribution in [2.45, 2.75) is 167 Å². The fourth-order valence-corrected chi connectivity index (χ4v) is 13.1. The Morgan fingerprint density at radius 1 is 0.745 bits per heavy atom. The number of rotatable bonds is 6. The molecule has 0 aromatic heterocycles. The number of hydrogen-bond donors (Lipinski definition) is 8. The summed E-state index contributed by atoms with van der Waals surface area (Å²) in [5, 5.41) is 82.5. The van der Waals surface area contributed by atoms with Crippen molar-refractivity contribution in [3.05, 3.63) is 11.1 Å². The average Bonchev–Trinajstić information content (AvgIpc) is 3.15. The van der Waals surface area contributed by atoms with Crippen LogP contribution in [0.5, 0.6) is 0 Å². The number of esters is 1. The van der Waals surface area contributed by atoms with E-state index in [2.05, 4.69) is 41.5 Å². The van der Waals surface area contributed by atoms with Crippen LogP contribution in [0.25, 0.3) is 0 Å². The van der Waals surface area contributed by atoms with Crippen molar-refractivity contribution in [1.82, 2.24) is 0 Å². The summed E-state index contributed by atoms with van der Waals surface area (Å²) >= 11 is 0. The van der Waals surface area contributed by atoms with E-state index in [1.54, 1.807) is 0 Å². The Kier molecular flexibility index (Phi) is 11.1. The van der Waals surface area contributed by atoms with E-state index < -0.39 is 97.3 Å². The lowest BCUT2D eigenvalue weighted by Crippen LogP contribution is -2.64. The number of fused-ring (bicyclic) bond motifs is 6. The first kappa shape index (κ1) is 41.6. The first-order valence-corrected chi connectivity index (χ1v) is 20.5. The highest BCUT2D eigenvalue weighted by molar-refractivity contribution is 6.00. The van der Waals surface area contributed by atoms with Crippen LogP contribution in [-0.4, -0.2) is 133 Å². The second-order valence-corrected chi connectivity index (χ2v) is 19.4. The van der Waals surface area contributed by atoms with Crippen molar-refractivity contribution < 1.29 is 69.4 Å². The molecular weight excluding hydrogens is 716 g/mol. The van der Waals surface area contributed by atoms with Gasteiger partial charge in [-0.15, -0.1) is 0 Å². The van der Waals surface area contributed by atoms with Gasteiger partial charge in [-0.3, -0.25) is 9.59 Å². The molecule has 0 aromatic carbocycles. The molecule has 8 N–H and O–H groups in total. The number of hydrogen-bond acceptors (Lipinski definition) is 14. The van der Waals surface area contributed by atoms with Gasteiger partial charge in [-0.2, -0.15) is 0 Å². The van der Waals surface area contributed by atoms with E-state index in [1.807, 2.05) is 0 Å². The summed E-state index contributed by atoms with van der Waals surface area (Å²) in [6.07, 6.45) is -9.29. The second-order valence-electron chi connectivity index (χ2n) is 19.4. The second kappa shape index (κ2) is 14.6. The molecular formula is C41H64O14. The van der Waals surface area contributed by atoms with E-state index in [4.69, 9.17) is 18.9 Å². The van der Waals surface area contributed by atoms with Crippen LogP contribution >= 0.6 is 0 Å². The molecule has 0 aromatic rings. The van der Waals surface area contributed by atoms with Crippen LogP contribution in [0.15, 0.2) is 11.1 Å². The third-order valence-electron chi connectivity index (χ3n) is 16.5. The van der Waals surface area contributed by atoms with Crippen molar-refractivity contribution in [3.8, 4) is 0 Å². The molecule has 19 atom stereocenters. The number of aliphatic hydroxyl groups excluding tert-OH is 8. The fraction of sp³-hybridized carbons (Fsp3) is 0.902. The Hall–Kier alpha value is -1.56. The number of ketones is 1. The van der Waals surface area contributed by atoms with Crippen LogP contribution in [-0.2, 0) is 28.5 Å². The Labute approximate surface area is 323 Å². The molecule has 2 saturated heterocycles. The van der Waals surface area contributed by atoms with E-state index >= 15 is 0 Å². The lowest BCUT2D eigenvalue weighted by molar-refractivity contribution is -0.328. The van der Waals surface area contributed by atoms with Crippen LogP contribution in [0.3, 0.4) is 0 Å². The zero-order valence-electron chi connectivity index (χ0n) is 33.0. The van der Waals surface area contributed by atoms with E-state index in [9.17, 15) is 50.4 Å². The smallest absolute Gasteiger partial charge is 0.315 e. The number of ether oxygens (including phenoxy) is 4. The van der Waals surface area contributed by atoms with Gasteiger partial charge in [0.1, 0.15) is 48.8 Å². The Morgan fingerprint density at radius 3 is 1.96 bits per heavy atom. The van der Waals surface area contributed by atoms with Gasteiger partial charge < -0.3 is 59.8 Å². The highest BCUT2D eigenvalue weighted by Crippen LogP contribution is 2.71. The average molecular weight is 781 g/mol. The predicted molar refractivity (Wildman–Crippen MR) is 193 cm³/mol. The topological polar surface area (TPSA) is 233 Å². The highest BCUT2D eigenvalue weighted by Gasteiger charge is 2.67. The molecule has 5 aliphatic carbocycles. The minimum atomic E-state index is -1.72. The van der Waals surface area contributed by atoms with Crippen LogP contribution in [0, 0.1) is 51.2 Å². The fourth-order valence-electron chi connectivity index (χ4n) is 13.1. The molecule has 7 rings (SSSR count). The van der Waals surface area contributed by atoms with Crippen molar-refractivity contribution in [2.24, 2.45) is 51.2 Å². The number of aliphatic hydroxyl groups is 8. The molecule has 5 fully saturated rings. The monoisotopic (exact) mass is 780 g/mol. The maximum atomic E-state index is 14.9. The Morgan fingerprint density at radius 2 is 1.35 bits per heavy atom. The summed E-state index contributed by atoms with van der Waals surface area (Å²) in [6.45, 7) is 12.0. The molecule has 3 saturated carbocycles. The molecule has 0 radical (unpaired) electrons. The quantitative estimate of drug-likeness (QED) is 0.139. The minimum Gasteiger partial charge on any atom is -0.432 e. The van der Waals surface area contributed by atoms with Gasteiger partial charge in [0.15, 0.2) is 12.1 Å². The summed E-state index contributed by atoms with van der Waals surface area (Å²) in [4.78, 5) is 29.4. The first-order chi connectivity index (χ1) is 25.8. The lowest BCUT2D eigenvalue weighted by atomic mass is 9.38. The maximum absolute atomic E-state index is 14.9. The SMILES string of the molecule is C[C@H]1[C@H](C)CC[C@]2(C(=O)O[C@@H]3O[C@H](CO)[C@@H](O)[C@H](O)[C@H]3O)CCC3=C(C(=O)C[C@@H]4[C@@]5(C)CC[C@H](O[C@@H]6O[C@H](CO)[C@@H](O)[C@H](O)[C@H]6O)C(C)(C)[C@@H]5CC[C@@]34C)[C@H]12. The van der Waals surface area contributed by atoms with Gasteiger partial charge in [-0.25, -0.2) is 0 Å². The van der Waals surface area contributed by atoms with Gasteiger partial charge in [0.2, 0.25) is 6.29 Å². The van der Waals surface area contributed by atoms with Gasteiger partial charge in [0.05, 0.1) is 24.7 Å². The number of allylic oxidation sites excluding steroid dienone is 2. The Bertz CT molecular complexity index is 1510. The summed E-state index contributed by atoms with van der Waals surface area (Å²) in [5.41, 5.74) is -0.117. The zero-order chi connectivity index (χ0) is 40.2. The molecule has 2 aliphatic heterocycles. The molecule has 0 bridgehead atoms. The van der Waals surface area contributed by atoms with Crippen LogP contribution < -0.4 is 0 Å². The third-order valence-corrected chi connectivity index (χ3v) is 16.5. The predicted octanol–water partition coefficient (Wildman–Crippen LogP) is 1.11. The standard InChI is InChI=1S/C41H64O14/c1-18-7-13-41(37(51)55-36-34(50)32(48)30(46)23(17-43)53-36)14-8-20-27(28(41)19(18)2)21(44)15-25-39(20,5)11-9-24-38(3,4)26(10-12-40(24,25)6)54-35-33(49)31(47)29(45)22(16-42)52-35/h18-19,22-26,28-36,42-43,45-50H,7-17H2,1-6H3/t18-,19+,22-,23-,24+,25+,26+,28+,29-,30-,31+,32+,33-,34-,35+,36+,39+,40+,41+/m1/s1. The first-order valence-electron chi connectivity index (χ1n) is 20.5. The van der Waals surface area contributed by atoms with E-state index in [-0.39, 0.29) is 46.4 Å². The van der Waals surface area contributed by atoms with Crippen molar-refractivity contribution in [3.63, 3.8) is 0 Å². The molecule has 312 valence electrons.